The molecule has 0 unspecified atom stereocenters. The first-order valence-electron chi connectivity index (χ1n) is 8.15. The summed E-state index contributed by atoms with van der Waals surface area (Å²) < 4.78 is 64.6. The van der Waals surface area contributed by atoms with Gasteiger partial charge in [0.2, 0.25) is 0 Å². The molecule has 0 radical (unpaired) electrons. The number of phenols is 1. The Morgan fingerprint density at radius 1 is 1.26 bits per heavy atom. The van der Waals surface area contributed by atoms with Crippen LogP contribution >= 0.6 is 0 Å². The maximum absolute atomic E-state index is 13.1. The summed E-state index contributed by atoms with van der Waals surface area (Å²) in [7, 11) is 0. The minimum atomic E-state index is -4.56. The zero-order chi connectivity index (χ0) is 19.8. The molecule has 10 heteroatoms. The van der Waals surface area contributed by atoms with E-state index < -0.39 is 29.5 Å². The zero-order valence-electron chi connectivity index (χ0n) is 14.2. The third kappa shape index (κ3) is 4.44. The fourth-order valence-electron chi connectivity index (χ4n) is 3.00. The number of halogens is 5. The molecular weight excluding hydrogens is 371 g/mol. The number of alkyl halides is 5. The fraction of sp³-hybridized carbons (Fsp3) is 0.412. The van der Waals surface area contributed by atoms with Gasteiger partial charge in [0.1, 0.15) is 11.6 Å². The number of nitrogens with one attached hydrogen (secondary N) is 2. The molecule has 146 valence electrons. The number of aromatic hydroxyl groups is 1. The lowest BCUT2D eigenvalue weighted by Gasteiger charge is -2.14. The van der Waals surface area contributed by atoms with Crippen LogP contribution in [0.4, 0.5) is 27.8 Å². The standard InChI is InChI=1S/C17H17F5N4O/c1-9-4-10(17(20,21)22)5-13(27)15(9)12-2-3-14(26-25-12)23-7-11-6-16(18,19)8-24-11/h2-5,11,24,27H,6-8H2,1H3,(H,23,26)/t11-/m1/s1. The third-order valence-electron chi connectivity index (χ3n) is 4.29. The quantitative estimate of drug-likeness (QED) is 0.699. The molecule has 0 aliphatic carbocycles. The van der Waals surface area contributed by atoms with Gasteiger partial charge in [0.15, 0.2) is 0 Å². The topological polar surface area (TPSA) is 70.1 Å². The van der Waals surface area contributed by atoms with Gasteiger partial charge < -0.3 is 15.7 Å². The number of rotatable bonds is 4. The molecule has 27 heavy (non-hydrogen) atoms. The summed E-state index contributed by atoms with van der Waals surface area (Å²) in [6.45, 7) is 1.30. The van der Waals surface area contributed by atoms with Crippen LogP contribution < -0.4 is 10.6 Å². The first-order valence-corrected chi connectivity index (χ1v) is 8.15. The van der Waals surface area contributed by atoms with Crippen molar-refractivity contribution in [2.45, 2.75) is 31.5 Å². The second-order valence-electron chi connectivity index (χ2n) is 6.51. The lowest BCUT2D eigenvalue weighted by atomic mass is 10.0. The van der Waals surface area contributed by atoms with Crippen LogP contribution in [0.25, 0.3) is 11.3 Å². The van der Waals surface area contributed by atoms with E-state index in [1.54, 1.807) is 0 Å². The number of anilines is 1. The van der Waals surface area contributed by atoms with Crippen molar-refractivity contribution in [1.82, 2.24) is 15.5 Å². The number of benzene rings is 1. The van der Waals surface area contributed by atoms with E-state index in [2.05, 4.69) is 20.8 Å². The van der Waals surface area contributed by atoms with Crippen molar-refractivity contribution in [3.05, 3.63) is 35.4 Å². The molecule has 0 amide bonds. The van der Waals surface area contributed by atoms with E-state index >= 15 is 0 Å². The normalized spacial score (nSPS) is 19.3. The molecule has 1 aromatic carbocycles. The molecule has 5 nitrogen and oxygen atoms in total. The Morgan fingerprint density at radius 3 is 2.52 bits per heavy atom. The Bertz CT molecular complexity index is 800. The lowest BCUT2D eigenvalue weighted by Crippen LogP contribution is -2.29. The predicted molar refractivity (Wildman–Crippen MR) is 88.7 cm³/mol. The van der Waals surface area contributed by atoms with Crippen LogP contribution in [0.3, 0.4) is 0 Å². The molecular formula is C17H17F5N4O. The van der Waals surface area contributed by atoms with E-state index in [9.17, 15) is 27.1 Å². The Hall–Kier alpha value is -2.49. The predicted octanol–water partition coefficient (Wildman–Crippen LogP) is 3.59. The Balaban J connectivity index is 1.72. The monoisotopic (exact) mass is 388 g/mol. The van der Waals surface area contributed by atoms with Gasteiger partial charge in [0.25, 0.3) is 5.92 Å². The summed E-state index contributed by atoms with van der Waals surface area (Å²) in [6.07, 6.45) is -4.84. The van der Waals surface area contributed by atoms with Gasteiger partial charge in [-0.2, -0.15) is 13.2 Å². The first kappa shape index (κ1) is 19.3. The number of aromatic nitrogens is 2. The van der Waals surface area contributed by atoms with Crippen molar-refractivity contribution in [3.63, 3.8) is 0 Å². The van der Waals surface area contributed by atoms with Gasteiger partial charge in [-0.05, 0) is 36.8 Å². The summed E-state index contributed by atoms with van der Waals surface area (Å²) >= 11 is 0. The van der Waals surface area contributed by atoms with Gasteiger partial charge >= 0.3 is 6.18 Å². The van der Waals surface area contributed by atoms with E-state index in [1.807, 2.05) is 0 Å². The van der Waals surface area contributed by atoms with E-state index in [4.69, 9.17) is 0 Å². The van der Waals surface area contributed by atoms with Gasteiger partial charge in [-0.3, -0.25) is 0 Å². The number of nitrogens with zero attached hydrogens (tertiary/aromatic N) is 2. The van der Waals surface area contributed by atoms with Crippen LogP contribution in [0.2, 0.25) is 0 Å². The molecule has 1 aliphatic heterocycles. The summed E-state index contributed by atoms with van der Waals surface area (Å²) in [4.78, 5) is 0. The molecule has 0 saturated carbocycles. The highest BCUT2D eigenvalue weighted by Gasteiger charge is 2.39. The van der Waals surface area contributed by atoms with Crippen LogP contribution in [0, 0.1) is 6.92 Å². The molecule has 1 atom stereocenters. The molecule has 1 saturated heterocycles. The van der Waals surface area contributed by atoms with E-state index in [-0.39, 0.29) is 36.3 Å². The SMILES string of the molecule is Cc1cc(C(F)(F)F)cc(O)c1-c1ccc(NC[C@H]2CC(F)(F)CN2)nn1. The Kier molecular flexibility index (Phi) is 4.94. The van der Waals surface area contributed by atoms with Gasteiger partial charge in [-0.25, -0.2) is 8.78 Å². The zero-order valence-corrected chi connectivity index (χ0v) is 14.2. The molecule has 2 heterocycles. The number of hydrogen-bond acceptors (Lipinski definition) is 5. The molecule has 0 bridgehead atoms. The molecule has 1 aromatic heterocycles. The van der Waals surface area contributed by atoms with Gasteiger partial charge in [-0.15, -0.1) is 10.2 Å². The minimum Gasteiger partial charge on any atom is -0.507 e. The number of aryl methyl sites for hydroxylation is 1. The third-order valence-corrected chi connectivity index (χ3v) is 4.29. The highest BCUT2D eigenvalue weighted by atomic mass is 19.4. The summed E-state index contributed by atoms with van der Waals surface area (Å²) in [5.74, 6) is -2.94. The first-order chi connectivity index (χ1) is 12.5. The van der Waals surface area contributed by atoms with Gasteiger partial charge in [-0.1, -0.05) is 0 Å². The van der Waals surface area contributed by atoms with Gasteiger partial charge in [0.05, 0.1) is 17.8 Å². The summed E-state index contributed by atoms with van der Waals surface area (Å²) in [5.41, 5.74) is -0.392. The highest BCUT2D eigenvalue weighted by molar-refractivity contribution is 5.71. The molecule has 3 rings (SSSR count). The van der Waals surface area contributed by atoms with Crippen molar-refractivity contribution in [2.24, 2.45) is 0 Å². The summed E-state index contributed by atoms with van der Waals surface area (Å²) in [5, 5.41) is 23.4. The van der Waals surface area contributed by atoms with E-state index in [0.717, 1.165) is 6.07 Å². The smallest absolute Gasteiger partial charge is 0.416 e. The van der Waals surface area contributed by atoms with Crippen LogP contribution in [0.1, 0.15) is 17.5 Å². The summed E-state index contributed by atoms with van der Waals surface area (Å²) in [6, 6.07) is 4.17. The maximum atomic E-state index is 13.1. The fourth-order valence-corrected chi connectivity index (χ4v) is 3.00. The number of phenolic OH excluding ortho intramolecular Hbond substituents is 1. The Morgan fingerprint density at radius 2 is 2.00 bits per heavy atom. The van der Waals surface area contributed by atoms with Gasteiger partial charge in [0, 0.05) is 24.6 Å². The van der Waals surface area contributed by atoms with Crippen LogP contribution in [0.5, 0.6) is 5.75 Å². The van der Waals surface area contributed by atoms with Crippen LogP contribution in [-0.2, 0) is 6.18 Å². The van der Waals surface area contributed by atoms with Crippen LogP contribution in [-0.4, -0.2) is 40.4 Å². The average molecular weight is 388 g/mol. The largest absolute Gasteiger partial charge is 0.507 e. The van der Waals surface area contributed by atoms with Crippen molar-refractivity contribution in [2.75, 3.05) is 18.4 Å². The second kappa shape index (κ2) is 6.91. The highest BCUT2D eigenvalue weighted by Crippen LogP contribution is 2.38. The van der Waals surface area contributed by atoms with Crippen molar-refractivity contribution in [1.29, 1.82) is 0 Å². The second-order valence-corrected chi connectivity index (χ2v) is 6.51. The molecule has 1 aliphatic rings. The van der Waals surface area contributed by atoms with Crippen molar-refractivity contribution >= 4 is 5.82 Å². The molecule has 1 fully saturated rings. The Labute approximate surface area is 151 Å². The molecule has 0 spiro atoms. The molecule has 3 N–H and O–H groups in total. The maximum Gasteiger partial charge on any atom is 0.416 e. The average Bonchev–Trinajstić information content (AvgIpc) is 2.91. The molecule has 2 aromatic rings. The van der Waals surface area contributed by atoms with Crippen LogP contribution in [0.15, 0.2) is 24.3 Å². The van der Waals surface area contributed by atoms with Crippen molar-refractivity contribution in [3.8, 4) is 17.0 Å². The van der Waals surface area contributed by atoms with E-state index in [0.29, 0.717) is 11.9 Å². The minimum absolute atomic E-state index is 0.152. The van der Waals surface area contributed by atoms with E-state index in [1.165, 1.54) is 19.1 Å². The van der Waals surface area contributed by atoms with Crippen molar-refractivity contribution < 1.29 is 27.1 Å². The number of hydrogen-bond donors (Lipinski definition) is 3. The lowest BCUT2D eigenvalue weighted by molar-refractivity contribution is -0.137.